The third-order valence-corrected chi connectivity index (χ3v) is 2.29. The number of carbonyl (C=O) groups excluding carboxylic acids is 2. The van der Waals surface area contributed by atoms with Crippen molar-refractivity contribution in [3.8, 4) is 0 Å². The summed E-state index contributed by atoms with van der Waals surface area (Å²) in [4.78, 5) is 23.7. The number of hydrogen-bond donors (Lipinski definition) is 3. The van der Waals surface area contributed by atoms with Gasteiger partial charge in [-0.15, -0.1) is 12.6 Å². The van der Waals surface area contributed by atoms with Crippen LogP contribution >= 0.6 is 12.6 Å². The van der Waals surface area contributed by atoms with Crippen molar-refractivity contribution in [2.24, 2.45) is 0 Å². The first kappa shape index (κ1) is 16.3. The topological polar surface area (TPSA) is 67.4 Å². The number of hydrogen-bond acceptors (Lipinski definition) is 4. The molecule has 0 saturated heterocycles. The van der Waals surface area contributed by atoms with E-state index in [4.69, 9.17) is 4.74 Å². The molecule has 0 aliphatic carbocycles. The Hall–Kier alpha value is -1.69. The van der Waals surface area contributed by atoms with Crippen molar-refractivity contribution in [3.63, 3.8) is 0 Å². The van der Waals surface area contributed by atoms with Crippen LogP contribution in [0, 0.1) is 0 Å². The zero-order chi connectivity index (χ0) is 14.0. The average molecular weight is 270 g/mol. The first-order valence-electron chi connectivity index (χ1n) is 5.29. The molecule has 2 N–H and O–H groups in total. The van der Waals surface area contributed by atoms with E-state index in [1.54, 1.807) is 12.2 Å². The van der Waals surface area contributed by atoms with E-state index >= 15 is 0 Å². The monoisotopic (exact) mass is 270 g/mol. The van der Waals surface area contributed by atoms with E-state index in [0.717, 1.165) is 6.26 Å². The molecule has 1 atom stereocenters. The first-order chi connectivity index (χ1) is 8.54. The second-order valence-electron chi connectivity index (χ2n) is 3.31. The summed E-state index contributed by atoms with van der Waals surface area (Å²) in [5.41, 5.74) is 0. The lowest BCUT2D eigenvalue weighted by atomic mass is 10.1. The van der Waals surface area contributed by atoms with Crippen molar-refractivity contribution in [2.45, 2.75) is 12.5 Å². The number of likely N-dealkylation sites (N-methyl/N-ethyl adjacent to an activating group) is 1. The SMILES string of the molecule is C=C/C=C(\S)C[C@H](NC(=O)COC=C)C(=O)NC. The molecule has 0 bridgehead atoms. The molecule has 0 aliphatic heterocycles. The smallest absolute Gasteiger partial charge is 0.258 e. The van der Waals surface area contributed by atoms with Gasteiger partial charge in [0.15, 0.2) is 6.61 Å². The predicted molar refractivity (Wildman–Crippen MR) is 74.0 cm³/mol. The predicted octanol–water partition coefficient (Wildman–Crippen LogP) is 0.767. The van der Waals surface area contributed by atoms with Crippen molar-refractivity contribution < 1.29 is 14.3 Å². The Kier molecular flexibility index (Phi) is 8.47. The third-order valence-electron chi connectivity index (χ3n) is 1.95. The molecule has 0 aromatic carbocycles. The summed E-state index contributed by atoms with van der Waals surface area (Å²) >= 11 is 4.19. The van der Waals surface area contributed by atoms with Crippen LogP contribution in [0.3, 0.4) is 0 Å². The largest absolute Gasteiger partial charge is 0.492 e. The molecule has 100 valence electrons. The number of nitrogens with one attached hydrogen (secondary N) is 2. The fourth-order valence-corrected chi connectivity index (χ4v) is 1.46. The molecule has 5 nitrogen and oxygen atoms in total. The van der Waals surface area contributed by atoms with Gasteiger partial charge in [-0.25, -0.2) is 0 Å². The number of rotatable bonds is 8. The zero-order valence-corrected chi connectivity index (χ0v) is 11.2. The standard InChI is InChI=1S/C12H18N2O3S/c1-4-6-9(18)7-10(12(16)13-3)14-11(15)8-17-5-2/h4-6,10,18H,1-2,7-8H2,3H3,(H,13,16)(H,14,15)/b9-6-/t10-/m0/s1. The molecule has 0 radical (unpaired) electrons. The van der Waals surface area contributed by atoms with Crippen molar-refractivity contribution in [1.82, 2.24) is 10.6 Å². The summed E-state index contributed by atoms with van der Waals surface area (Å²) in [7, 11) is 1.50. The summed E-state index contributed by atoms with van der Waals surface area (Å²) < 4.78 is 4.73. The van der Waals surface area contributed by atoms with Gasteiger partial charge >= 0.3 is 0 Å². The Labute approximate surface area is 112 Å². The van der Waals surface area contributed by atoms with Crippen LogP contribution in [0.1, 0.15) is 6.42 Å². The molecule has 0 spiro atoms. The number of carbonyl (C=O) groups is 2. The second-order valence-corrected chi connectivity index (χ2v) is 3.88. The Morgan fingerprint density at radius 3 is 2.61 bits per heavy atom. The zero-order valence-electron chi connectivity index (χ0n) is 10.3. The minimum atomic E-state index is -0.695. The molecule has 0 aliphatic rings. The van der Waals surface area contributed by atoms with E-state index in [1.165, 1.54) is 7.05 Å². The molecule has 18 heavy (non-hydrogen) atoms. The van der Waals surface area contributed by atoms with Gasteiger partial charge < -0.3 is 15.4 Å². The van der Waals surface area contributed by atoms with Crippen LogP contribution in [-0.4, -0.2) is 31.5 Å². The van der Waals surface area contributed by atoms with Gasteiger partial charge in [-0.05, 0) is 4.91 Å². The van der Waals surface area contributed by atoms with E-state index in [0.29, 0.717) is 4.91 Å². The highest BCUT2D eigenvalue weighted by Gasteiger charge is 2.20. The lowest BCUT2D eigenvalue weighted by Gasteiger charge is -2.17. The number of amides is 2. The Balaban J connectivity index is 4.54. The number of thiol groups is 1. The van der Waals surface area contributed by atoms with Crippen LogP contribution in [0.25, 0.3) is 0 Å². The maximum absolute atomic E-state index is 11.6. The van der Waals surface area contributed by atoms with Gasteiger partial charge in [0.1, 0.15) is 6.04 Å². The highest BCUT2D eigenvalue weighted by molar-refractivity contribution is 7.84. The first-order valence-corrected chi connectivity index (χ1v) is 5.73. The fraction of sp³-hybridized carbons (Fsp3) is 0.333. The molecule has 0 aromatic heterocycles. The van der Waals surface area contributed by atoms with Gasteiger partial charge in [0.2, 0.25) is 5.91 Å². The van der Waals surface area contributed by atoms with E-state index in [-0.39, 0.29) is 18.9 Å². The van der Waals surface area contributed by atoms with E-state index in [9.17, 15) is 9.59 Å². The van der Waals surface area contributed by atoms with Crippen LogP contribution < -0.4 is 10.6 Å². The normalized spacial score (nSPS) is 12.2. The van der Waals surface area contributed by atoms with Gasteiger partial charge in [-0.3, -0.25) is 9.59 Å². The minimum absolute atomic E-state index is 0.177. The average Bonchev–Trinajstić information content (AvgIpc) is 2.34. The van der Waals surface area contributed by atoms with Crippen LogP contribution in [0.15, 0.2) is 36.5 Å². The maximum Gasteiger partial charge on any atom is 0.258 e. The van der Waals surface area contributed by atoms with Gasteiger partial charge in [0.05, 0.1) is 6.26 Å². The molecule has 0 rings (SSSR count). The van der Waals surface area contributed by atoms with E-state index in [2.05, 4.69) is 36.4 Å². The van der Waals surface area contributed by atoms with Crippen molar-refractivity contribution in [1.29, 1.82) is 0 Å². The summed E-state index contributed by atoms with van der Waals surface area (Å²) in [5.74, 6) is -0.700. The molecule has 0 unspecified atom stereocenters. The molecule has 6 heteroatoms. The molecular weight excluding hydrogens is 252 g/mol. The highest BCUT2D eigenvalue weighted by atomic mass is 32.1. The van der Waals surface area contributed by atoms with Crippen LogP contribution in [0.4, 0.5) is 0 Å². The van der Waals surface area contributed by atoms with Crippen LogP contribution in [-0.2, 0) is 14.3 Å². The summed E-state index contributed by atoms with van der Waals surface area (Å²) in [6, 6.07) is -0.695. The lowest BCUT2D eigenvalue weighted by Crippen LogP contribution is -2.46. The molecule has 0 saturated carbocycles. The quantitative estimate of drug-likeness (QED) is 0.347. The minimum Gasteiger partial charge on any atom is -0.492 e. The number of allylic oxidation sites excluding steroid dienone is 2. The Morgan fingerprint density at radius 1 is 1.44 bits per heavy atom. The summed E-state index contributed by atoms with van der Waals surface area (Å²) in [6.07, 6.45) is 4.67. The molecule has 0 aromatic rings. The van der Waals surface area contributed by atoms with Crippen molar-refractivity contribution in [2.75, 3.05) is 13.7 Å². The molecule has 0 fully saturated rings. The number of ether oxygens (including phenoxy) is 1. The van der Waals surface area contributed by atoms with E-state index in [1.807, 2.05) is 0 Å². The Morgan fingerprint density at radius 2 is 2.11 bits per heavy atom. The van der Waals surface area contributed by atoms with Crippen LogP contribution in [0.2, 0.25) is 0 Å². The highest BCUT2D eigenvalue weighted by Crippen LogP contribution is 2.10. The molecule has 0 heterocycles. The van der Waals surface area contributed by atoms with Gasteiger partial charge in [0.25, 0.3) is 5.91 Å². The van der Waals surface area contributed by atoms with Crippen molar-refractivity contribution in [3.05, 3.63) is 36.5 Å². The summed E-state index contributed by atoms with van der Waals surface area (Å²) in [6.45, 7) is 6.68. The molecular formula is C12H18N2O3S. The van der Waals surface area contributed by atoms with Gasteiger partial charge in [-0.1, -0.05) is 25.3 Å². The maximum atomic E-state index is 11.6. The molecule has 2 amide bonds. The van der Waals surface area contributed by atoms with Gasteiger partial charge in [-0.2, -0.15) is 0 Å². The Bertz CT molecular complexity index is 353. The second kappa shape index (κ2) is 9.35. The third kappa shape index (κ3) is 6.80. The van der Waals surface area contributed by atoms with Gasteiger partial charge in [0, 0.05) is 13.5 Å². The van der Waals surface area contributed by atoms with E-state index < -0.39 is 11.9 Å². The fourth-order valence-electron chi connectivity index (χ4n) is 1.17. The van der Waals surface area contributed by atoms with Crippen LogP contribution in [0.5, 0.6) is 0 Å². The van der Waals surface area contributed by atoms with Crippen molar-refractivity contribution >= 4 is 24.4 Å². The summed E-state index contributed by atoms with van der Waals surface area (Å²) in [5, 5.41) is 5.02. The lowest BCUT2D eigenvalue weighted by molar-refractivity contribution is -0.130.